The number of fused-ring (bicyclic) bond motifs is 16. The van der Waals surface area contributed by atoms with E-state index in [1.54, 1.807) is 24.3 Å². The number of aromatic hydroxyl groups is 8. The summed E-state index contributed by atoms with van der Waals surface area (Å²) in [6.45, 7) is 0. The van der Waals surface area contributed by atoms with Crippen molar-refractivity contribution in [3.63, 3.8) is 0 Å². The van der Waals surface area contributed by atoms with Gasteiger partial charge in [0.1, 0.15) is 46.0 Å². The van der Waals surface area contributed by atoms with E-state index in [4.69, 9.17) is 0 Å². The van der Waals surface area contributed by atoms with Crippen LogP contribution in [-0.4, -0.2) is 40.9 Å². The van der Waals surface area contributed by atoms with Crippen molar-refractivity contribution in [2.45, 2.75) is 75.0 Å². The predicted octanol–water partition coefficient (Wildman–Crippen LogP) is 6.93. The molecule has 3 aliphatic carbocycles. The van der Waals surface area contributed by atoms with Gasteiger partial charge in [0.05, 0.1) is 0 Å². The fraction of sp³-hybridized carbons (Fsp3) is 0.333. The molecule has 2 saturated carbocycles. The Bertz CT molecular complexity index is 1540. The Morgan fingerprint density at radius 1 is 0.318 bits per heavy atom. The minimum Gasteiger partial charge on any atom is -0.508 e. The van der Waals surface area contributed by atoms with Crippen LogP contribution in [0.4, 0.5) is 0 Å². The van der Waals surface area contributed by atoms with E-state index >= 15 is 0 Å². The lowest BCUT2D eigenvalue weighted by Gasteiger charge is -2.20. The second-order valence-electron chi connectivity index (χ2n) is 12.9. The van der Waals surface area contributed by atoms with Crippen LogP contribution in [0.1, 0.15) is 107 Å². The highest BCUT2D eigenvalue weighted by Gasteiger charge is 2.34. The van der Waals surface area contributed by atoms with Gasteiger partial charge in [-0.1, -0.05) is 0 Å². The molecule has 228 valence electrons. The van der Waals surface area contributed by atoms with Crippen LogP contribution in [0.25, 0.3) is 0 Å². The van der Waals surface area contributed by atoms with Crippen molar-refractivity contribution in [2.75, 3.05) is 0 Å². The fourth-order valence-electron chi connectivity index (χ4n) is 7.94. The molecule has 8 nitrogen and oxygen atoms in total. The third-order valence-corrected chi connectivity index (χ3v) is 10.3. The molecule has 3 aliphatic rings. The molecule has 2 fully saturated rings. The Balaban J connectivity index is 1.38. The number of hydrogen-bond acceptors (Lipinski definition) is 8. The lowest BCUT2D eigenvalue weighted by molar-refractivity contribution is 0.434. The van der Waals surface area contributed by atoms with Crippen LogP contribution in [0.5, 0.6) is 46.0 Å². The first-order valence-corrected chi connectivity index (χ1v) is 15.2. The van der Waals surface area contributed by atoms with Crippen LogP contribution in [0.15, 0.2) is 48.5 Å². The monoisotopic (exact) mass is 596 g/mol. The molecule has 8 N–H and O–H groups in total. The second-order valence-corrected chi connectivity index (χ2v) is 12.9. The summed E-state index contributed by atoms with van der Waals surface area (Å²) >= 11 is 0. The third-order valence-electron chi connectivity index (χ3n) is 10.3. The number of benzene rings is 4. The van der Waals surface area contributed by atoms with Crippen molar-refractivity contribution in [1.29, 1.82) is 0 Å². The van der Waals surface area contributed by atoms with Gasteiger partial charge in [-0.05, 0) is 131 Å². The summed E-state index contributed by atoms with van der Waals surface area (Å²) < 4.78 is 0. The van der Waals surface area contributed by atoms with Crippen molar-refractivity contribution in [1.82, 2.24) is 0 Å². The zero-order valence-electron chi connectivity index (χ0n) is 24.2. The normalized spacial score (nSPS) is 22.5. The number of phenolic OH excluding ortho intramolecular Hbond substituents is 8. The molecule has 4 aromatic rings. The Morgan fingerprint density at radius 3 is 0.773 bits per heavy atom. The molecule has 0 radical (unpaired) electrons. The molecule has 0 heterocycles. The average molecular weight is 597 g/mol. The van der Waals surface area contributed by atoms with Gasteiger partial charge in [-0.15, -0.1) is 0 Å². The first-order valence-electron chi connectivity index (χ1n) is 15.2. The van der Waals surface area contributed by atoms with E-state index in [1.165, 1.54) is 24.3 Å². The van der Waals surface area contributed by atoms with E-state index in [0.717, 1.165) is 25.7 Å². The van der Waals surface area contributed by atoms with Gasteiger partial charge in [0.25, 0.3) is 0 Å². The van der Waals surface area contributed by atoms with Crippen LogP contribution in [0.2, 0.25) is 0 Å². The van der Waals surface area contributed by atoms with Crippen molar-refractivity contribution >= 4 is 0 Å². The minimum absolute atomic E-state index is 0.0131. The number of phenols is 8. The molecule has 4 unspecified atom stereocenters. The van der Waals surface area contributed by atoms with Gasteiger partial charge >= 0.3 is 0 Å². The van der Waals surface area contributed by atoms with Gasteiger partial charge in [0, 0.05) is 37.1 Å². The molecule has 44 heavy (non-hydrogen) atoms. The van der Waals surface area contributed by atoms with Crippen LogP contribution >= 0.6 is 0 Å². The predicted molar refractivity (Wildman–Crippen MR) is 163 cm³/mol. The van der Waals surface area contributed by atoms with Gasteiger partial charge in [-0.25, -0.2) is 0 Å². The molecule has 7 rings (SSSR count). The largest absolute Gasteiger partial charge is 0.508 e. The molecule has 0 amide bonds. The highest BCUT2D eigenvalue weighted by molar-refractivity contribution is 5.56. The van der Waals surface area contributed by atoms with Crippen molar-refractivity contribution in [2.24, 2.45) is 0 Å². The van der Waals surface area contributed by atoms with Crippen LogP contribution in [-0.2, 0) is 12.8 Å². The molecule has 0 aliphatic heterocycles. The lowest BCUT2D eigenvalue weighted by Crippen LogP contribution is -2.02. The maximum absolute atomic E-state index is 10.9. The molecule has 8 heteroatoms. The van der Waals surface area contributed by atoms with E-state index in [-0.39, 0.29) is 82.5 Å². The zero-order valence-corrected chi connectivity index (χ0v) is 24.2. The van der Waals surface area contributed by atoms with Gasteiger partial charge in [0.2, 0.25) is 0 Å². The summed E-state index contributed by atoms with van der Waals surface area (Å²) in [6.07, 6.45) is 4.57. The smallest absolute Gasteiger partial charge is 0.122 e. The van der Waals surface area contributed by atoms with E-state index in [9.17, 15) is 40.9 Å². The van der Waals surface area contributed by atoms with E-state index in [0.29, 0.717) is 57.3 Å². The molecule has 0 saturated heterocycles. The molecule has 12 bridgehead atoms. The summed E-state index contributed by atoms with van der Waals surface area (Å²) in [4.78, 5) is 0. The summed E-state index contributed by atoms with van der Waals surface area (Å²) in [5.41, 5.74) is 4.93. The van der Waals surface area contributed by atoms with E-state index < -0.39 is 0 Å². The lowest BCUT2D eigenvalue weighted by atomic mass is 9.87. The Labute approximate surface area is 254 Å². The molecule has 0 aromatic heterocycles. The third kappa shape index (κ3) is 4.78. The van der Waals surface area contributed by atoms with Gasteiger partial charge in [0.15, 0.2) is 0 Å². The first kappa shape index (κ1) is 28.1. The van der Waals surface area contributed by atoms with Gasteiger partial charge in [-0.3, -0.25) is 0 Å². The first-order chi connectivity index (χ1) is 21.0. The number of rotatable bonds is 0. The average Bonchev–Trinajstić information content (AvgIpc) is 3.64. The van der Waals surface area contributed by atoms with Gasteiger partial charge in [-0.2, -0.15) is 0 Å². The number of hydrogen-bond donors (Lipinski definition) is 8. The standard InChI is InChI=1S/C36H36O8/c37-29-13-33(41)25-9-21(29)7-23-11-27(35(43)15-31(23)39)19-3-4-20(6-19)28-12-24(32(40)16-36(28)44)8-22-10-26(34(42)14-30(22)38)18-2-1-17(25)5-18/h9-20,37-44H,1-8H2. The minimum atomic E-state index is -0.0858. The van der Waals surface area contributed by atoms with E-state index in [2.05, 4.69) is 0 Å². The summed E-state index contributed by atoms with van der Waals surface area (Å²) in [6, 6.07) is 12.5. The Morgan fingerprint density at radius 2 is 0.545 bits per heavy atom. The van der Waals surface area contributed by atoms with E-state index in [1.807, 2.05) is 0 Å². The topological polar surface area (TPSA) is 162 Å². The second kappa shape index (κ2) is 10.5. The summed E-state index contributed by atoms with van der Waals surface area (Å²) in [5.74, 6) is -0.600. The maximum Gasteiger partial charge on any atom is 0.122 e. The Hall–Kier alpha value is -4.72. The molecular weight excluding hydrogens is 560 g/mol. The summed E-state index contributed by atoms with van der Waals surface area (Å²) in [5, 5.41) is 86.6. The molecular formula is C36H36O8. The quantitative estimate of drug-likeness (QED) is 0.108. The van der Waals surface area contributed by atoms with Crippen LogP contribution in [0.3, 0.4) is 0 Å². The molecule has 4 aromatic carbocycles. The maximum atomic E-state index is 10.9. The fourth-order valence-corrected chi connectivity index (χ4v) is 7.94. The SMILES string of the molecule is Oc1cc(O)c2cc1Cc1cc(c(O)cc1O)C1CCC(C1)c1cc(c(O)cc1O)Cc1cc(c(O)cc1O)C1CCC2C1. The molecule has 4 atom stereocenters. The van der Waals surface area contributed by atoms with Crippen LogP contribution < -0.4 is 0 Å². The zero-order chi connectivity index (χ0) is 30.9. The molecule has 0 spiro atoms. The van der Waals surface area contributed by atoms with Crippen molar-refractivity contribution < 1.29 is 40.9 Å². The van der Waals surface area contributed by atoms with Crippen LogP contribution in [0, 0.1) is 0 Å². The van der Waals surface area contributed by atoms with Gasteiger partial charge < -0.3 is 40.9 Å². The Kier molecular flexibility index (Phi) is 6.68. The highest BCUT2D eigenvalue weighted by atomic mass is 16.3. The summed E-state index contributed by atoms with van der Waals surface area (Å²) in [7, 11) is 0. The van der Waals surface area contributed by atoms with Crippen molar-refractivity contribution in [3.05, 3.63) is 93.0 Å². The highest BCUT2D eigenvalue weighted by Crippen LogP contribution is 2.52. The van der Waals surface area contributed by atoms with Crippen molar-refractivity contribution in [3.8, 4) is 46.0 Å².